The first-order chi connectivity index (χ1) is 13.2. The van der Waals surface area contributed by atoms with E-state index < -0.39 is 49.2 Å². The van der Waals surface area contributed by atoms with Gasteiger partial charge in [-0.05, 0) is 24.3 Å². The summed E-state index contributed by atoms with van der Waals surface area (Å²) >= 11 is 0. The molecular weight excluding hydrogens is 411 g/mol. The molecule has 3 heterocycles. The molecule has 0 aliphatic carbocycles. The third-order valence-electron chi connectivity index (χ3n) is 4.17. The molecule has 1 atom stereocenters. The van der Waals surface area contributed by atoms with Crippen molar-refractivity contribution >= 4 is 33.8 Å². The molecule has 0 saturated carbocycles. The molecule has 1 unspecified atom stereocenters. The quantitative estimate of drug-likeness (QED) is 0.209. The first-order valence-electron chi connectivity index (χ1n) is 7.81. The van der Waals surface area contributed by atoms with Crippen LogP contribution >= 0.6 is 0 Å². The van der Waals surface area contributed by atoms with Crippen molar-refractivity contribution in [3.63, 3.8) is 0 Å². The van der Waals surface area contributed by atoms with Gasteiger partial charge in [-0.3, -0.25) is 14.7 Å². The number of methoxy groups -OCH3 is 1. The van der Waals surface area contributed by atoms with E-state index in [4.69, 9.17) is 0 Å². The van der Waals surface area contributed by atoms with Gasteiger partial charge in [0.15, 0.2) is 5.37 Å². The summed E-state index contributed by atoms with van der Waals surface area (Å²) < 4.78 is 30.1. The fourth-order valence-corrected chi connectivity index (χ4v) is 4.57. The van der Waals surface area contributed by atoms with Crippen LogP contribution in [0.3, 0.4) is 0 Å². The molecule has 144 valence electrons. The second kappa shape index (κ2) is 8.46. The first-order valence-corrected chi connectivity index (χ1v) is 9.35. The van der Waals surface area contributed by atoms with E-state index in [2.05, 4.69) is 16.3 Å². The topological polar surface area (TPSA) is 134 Å². The van der Waals surface area contributed by atoms with Crippen LogP contribution in [0.2, 0.25) is 0 Å². The second-order valence-electron chi connectivity index (χ2n) is 5.76. The number of aromatic nitrogens is 1. The Kier molecular flexibility index (Phi) is 6.63. The van der Waals surface area contributed by atoms with Gasteiger partial charge in [-0.25, -0.2) is 13.2 Å². The number of hydrogen-bond donors (Lipinski definition) is 0. The molecule has 2 aliphatic heterocycles. The zero-order valence-corrected chi connectivity index (χ0v) is 18.3. The summed E-state index contributed by atoms with van der Waals surface area (Å²) in [6.07, 6.45) is 4.48. The van der Waals surface area contributed by atoms with Crippen molar-refractivity contribution in [3.8, 4) is 0 Å². The molecule has 1 fully saturated rings. The van der Waals surface area contributed by atoms with Gasteiger partial charge in [-0.1, -0.05) is 12.6 Å². The molecule has 0 bridgehead atoms. The van der Waals surface area contributed by atoms with E-state index in [-0.39, 0.29) is 35.1 Å². The fourth-order valence-electron chi connectivity index (χ4n) is 2.85. The van der Waals surface area contributed by atoms with Crippen molar-refractivity contribution in [1.29, 1.82) is 0 Å². The number of β-lactam (4-membered cyclic amide) rings is 1. The van der Waals surface area contributed by atoms with E-state index >= 15 is 0 Å². The molecule has 1 amide bonds. The number of carboxylic acid groups (broad SMARTS) is 1. The molecule has 0 N–H and O–H groups in total. The summed E-state index contributed by atoms with van der Waals surface area (Å²) in [6.45, 7) is 3.45. The summed E-state index contributed by atoms with van der Waals surface area (Å²) in [5.41, 5.74) is -0.920. The number of sulfone groups is 1. The van der Waals surface area contributed by atoms with E-state index in [0.29, 0.717) is 10.6 Å². The van der Waals surface area contributed by atoms with E-state index in [1.807, 2.05) is 0 Å². The maximum absolute atomic E-state index is 12.9. The normalized spacial score (nSPS) is 21.5. The van der Waals surface area contributed by atoms with Crippen LogP contribution in [-0.2, 0) is 29.0 Å². The second-order valence-corrected chi connectivity index (χ2v) is 7.79. The predicted molar refractivity (Wildman–Crippen MR) is 94.1 cm³/mol. The molecule has 29 heavy (non-hydrogen) atoms. The third-order valence-corrected chi connectivity index (χ3v) is 6.13. The number of carboxylic acids is 1. The first kappa shape index (κ1) is 22.8. The molecule has 11 heteroatoms. The molecule has 1 aromatic heterocycles. The smallest absolute Gasteiger partial charge is 0.543 e. The van der Waals surface area contributed by atoms with Gasteiger partial charge >= 0.3 is 35.5 Å². The van der Waals surface area contributed by atoms with Gasteiger partial charge in [0.2, 0.25) is 9.84 Å². The van der Waals surface area contributed by atoms with Gasteiger partial charge < -0.3 is 14.6 Å². The van der Waals surface area contributed by atoms with E-state index in [1.165, 1.54) is 12.3 Å². The number of amides is 1. The van der Waals surface area contributed by atoms with Crippen LogP contribution in [0.1, 0.15) is 5.69 Å². The minimum Gasteiger partial charge on any atom is -0.543 e. The molecule has 2 aliphatic rings. The van der Waals surface area contributed by atoms with Gasteiger partial charge in [0.25, 0.3) is 5.91 Å². The van der Waals surface area contributed by atoms with Crippen LogP contribution in [0, 0.1) is 0 Å². The number of aliphatic carboxylic acids is 1. The molecule has 0 spiro atoms. The Hall–Kier alpha value is -2.53. The zero-order chi connectivity index (χ0) is 20.6. The number of esters is 1. The van der Waals surface area contributed by atoms with E-state index in [9.17, 15) is 27.9 Å². The predicted octanol–water partition coefficient (Wildman–Crippen LogP) is -3.69. The van der Waals surface area contributed by atoms with E-state index in [0.717, 1.165) is 19.3 Å². The largest absolute Gasteiger partial charge is 1.00 e. The zero-order valence-electron chi connectivity index (χ0n) is 15.5. The van der Waals surface area contributed by atoms with Crippen LogP contribution in [0.5, 0.6) is 0 Å². The van der Waals surface area contributed by atoms with Crippen LogP contribution in [0.4, 0.5) is 0 Å². The van der Waals surface area contributed by atoms with Crippen molar-refractivity contribution in [2.45, 2.75) is 5.37 Å². The fraction of sp³-hybridized carbons (Fsp3) is 0.111. The molecule has 3 rings (SSSR count). The monoisotopic (exact) mass is 424 g/mol. The van der Waals surface area contributed by atoms with Gasteiger partial charge in [0.05, 0.1) is 34.9 Å². The van der Waals surface area contributed by atoms with Gasteiger partial charge in [-0.2, -0.15) is 0 Å². The molecule has 0 aromatic carbocycles. The Balaban J connectivity index is 0.00000300. The van der Waals surface area contributed by atoms with Crippen LogP contribution < -0.4 is 34.7 Å². The number of nitrogens with zero attached hydrogens (tertiary/aromatic N) is 2. The summed E-state index contributed by atoms with van der Waals surface area (Å²) in [5.74, 6) is -3.45. The third kappa shape index (κ3) is 3.84. The Morgan fingerprint density at radius 2 is 2.03 bits per heavy atom. The minimum absolute atomic E-state index is 0. The molecule has 1 aromatic rings. The Bertz CT molecular complexity index is 1100. The standard InChI is InChI=1S/C18H14N2O7S.Na/c1-10-12(6-7-14(21)27-2)15(18(23)24)20-16(22)13(17(20)28(10,25)26)9-11-5-3-4-8-19-11;/h3-9,17H,1H2,2H3,(H,23,24);/q;+1/p-1/b7-6+,13-9-;. The molecular formula is C18H13N2NaO7S. The number of fused-ring (bicyclic) bond motifs is 1. The summed E-state index contributed by atoms with van der Waals surface area (Å²) in [5, 5.41) is 10.1. The van der Waals surface area contributed by atoms with Crippen molar-refractivity contribution in [1.82, 2.24) is 9.88 Å². The van der Waals surface area contributed by atoms with Crippen LogP contribution in [0.15, 0.2) is 64.9 Å². The SMILES string of the molecule is C=C1C(/C=C/C(=O)OC)=C(C(=O)[O-])N2C(=O)/C(=C/c3ccccn3)C2S1(=O)=O.[Na+]. The number of rotatable bonds is 4. The average molecular weight is 424 g/mol. The average Bonchev–Trinajstić information content (AvgIpc) is 2.67. The van der Waals surface area contributed by atoms with Gasteiger partial charge in [0, 0.05) is 17.8 Å². The Labute approximate surface area is 188 Å². The van der Waals surface area contributed by atoms with Crippen molar-refractivity contribution in [3.05, 3.63) is 70.6 Å². The summed E-state index contributed by atoms with van der Waals surface area (Å²) in [6, 6.07) is 4.86. The molecule has 1 saturated heterocycles. The van der Waals surface area contributed by atoms with E-state index in [1.54, 1.807) is 18.2 Å². The van der Waals surface area contributed by atoms with Crippen LogP contribution in [0.25, 0.3) is 6.08 Å². The van der Waals surface area contributed by atoms with Gasteiger partial charge in [-0.15, -0.1) is 0 Å². The summed E-state index contributed by atoms with van der Waals surface area (Å²) in [4.78, 5) is 39.6. The van der Waals surface area contributed by atoms with Crippen LogP contribution in [-0.4, -0.2) is 48.6 Å². The number of carbonyl (C=O) groups is 3. The maximum atomic E-state index is 12.9. The number of allylic oxidation sites excluding steroid dienone is 2. The van der Waals surface area contributed by atoms with Crippen molar-refractivity contribution < 1.29 is 62.2 Å². The molecule has 9 nitrogen and oxygen atoms in total. The number of pyridine rings is 1. The van der Waals surface area contributed by atoms with Crippen molar-refractivity contribution in [2.75, 3.05) is 7.11 Å². The number of carbonyl (C=O) groups excluding carboxylic acids is 3. The Morgan fingerprint density at radius 3 is 2.59 bits per heavy atom. The Morgan fingerprint density at radius 1 is 1.34 bits per heavy atom. The summed E-state index contributed by atoms with van der Waals surface area (Å²) in [7, 11) is -3.12. The maximum Gasteiger partial charge on any atom is 1.00 e. The van der Waals surface area contributed by atoms with Crippen molar-refractivity contribution in [2.24, 2.45) is 0 Å². The number of ether oxygens (including phenoxy) is 1. The van der Waals surface area contributed by atoms with Gasteiger partial charge in [0.1, 0.15) is 0 Å². The minimum atomic E-state index is -4.21. The number of hydrogen-bond acceptors (Lipinski definition) is 8. The molecule has 0 radical (unpaired) electrons.